The second-order valence-corrected chi connectivity index (χ2v) is 8.42. The van der Waals surface area contributed by atoms with Crippen LogP contribution in [0.1, 0.15) is 31.9 Å². The smallest absolute Gasteiger partial charge is 0.243 e. The fourth-order valence-corrected chi connectivity index (χ4v) is 3.72. The average Bonchev–Trinajstić information content (AvgIpc) is 2.81. The summed E-state index contributed by atoms with van der Waals surface area (Å²) in [5, 5.41) is 10.5. The highest BCUT2D eigenvalue weighted by Gasteiger charge is 2.24. The van der Waals surface area contributed by atoms with Gasteiger partial charge in [0, 0.05) is 5.69 Å². The molecule has 0 saturated carbocycles. The predicted molar refractivity (Wildman–Crippen MR) is 132 cm³/mol. The Morgan fingerprint density at radius 3 is 2.27 bits per heavy atom. The number of benzene rings is 3. The minimum absolute atomic E-state index is 0.130. The number of rotatable bonds is 9. The van der Waals surface area contributed by atoms with E-state index in [2.05, 4.69) is 16.0 Å². The Morgan fingerprint density at radius 1 is 0.848 bits per heavy atom. The molecule has 1 atom stereocenters. The Bertz CT molecular complexity index is 1140. The number of para-hydroxylation sites is 1. The van der Waals surface area contributed by atoms with E-state index in [0.717, 1.165) is 34.0 Å². The maximum atomic E-state index is 12.7. The molecule has 0 aliphatic carbocycles. The van der Waals surface area contributed by atoms with E-state index in [1.165, 1.54) is 0 Å². The van der Waals surface area contributed by atoms with Gasteiger partial charge < -0.3 is 16.0 Å². The fourth-order valence-electron chi connectivity index (χ4n) is 3.72. The summed E-state index contributed by atoms with van der Waals surface area (Å²) in [6.45, 7) is 5.57. The monoisotopic (exact) mass is 445 g/mol. The van der Waals surface area contributed by atoms with Gasteiger partial charge in [0.25, 0.3) is 0 Å². The summed E-state index contributed by atoms with van der Waals surface area (Å²) in [4.78, 5) is 37.7. The summed E-state index contributed by atoms with van der Waals surface area (Å²) in [5.41, 5.74) is 2.64. The van der Waals surface area contributed by atoms with Crippen LogP contribution in [-0.4, -0.2) is 30.3 Å². The van der Waals surface area contributed by atoms with E-state index in [-0.39, 0.29) is 36.6 Å². The van der Waals surface area contributed by atoms with Gasteiger partial charge >= 0.3 is 0 Å². The molecule has 6 heteroatoms. The largest absolute Gasteiger partial charge is 0.345 e. The van der Waals surface area contributed by atoms with Crippen LogP contribution < -0.4 is 16.0 Å². The number of amides is 3. The Hall–Kier alpha value is -3.67. The van der Waals surface area contributed by atoms with Crippen LogP contribution in [0.3, 0.4) is 0 Å². The first-order valence-electron chi connectivity index (χ1n) is 11.3. The lowest BCUT2D eigenvalue weighted by molar-refractivity contribution is -0.130. The summed E-state index contributed by atoms with van der Waals surface area (Å²) in [6, 6.07) is 20.7. The first-order valence-corrected chi connectivity index (χ1v) is 11.3. The molecular formula is C27H31N3O3. The van der Waals surface area contributed by atoms with Gasteiger partial charge in [-0.25, -0.2) is 0 Å². The van der Waals surface area contributed by atoms with Crippen molar-refractivity contribution in [3.8, 4) is 0 Å². The highest BCUT2D eigenvalue weighted by Crippen LogP contribution is 2.17. The number of aryl methyl sites for hydroxylation is 1. The third kappa shape index (κ3) is 6.65. The van der Waals surface area contributed by atoms with E-state index in [1.807, 2.05) is 87.5 Å². The summed E-state index contributed by atoms with van der Waals surface area (Å²) in [5.74, 6) is -1.06. The van der Waals surface area contributed by atoms with Crippen molar-refractivity contribution in [2.45, 2.75) is 39.7 Å². The molecule has 0 heterocycles. The van der Waals surface area contributed by atoms with E-state index in [4.69, 9.17) is 0 Å². The molecule has 33 heavy (non-hydrogen) atoms. The van der Waals surface area contributed by atoms with Gasteiger partial charge in [0.2, 0.25) is 17.7 Å². The van der Waals surface area contributed by atoms with Gasteiger partial charge in [-0.3, -0.25) is 14.4 Å². The molecule has 0 saturated heterocycles. The van der Waals surface area contributed by atoms with Gasteiger partial charge in [-0.05, 0) is 40.3 Å². The predicted octanol–water partition coefficient (Wildman–Crippen LogP) is 3.84. The molecule has 0 aliphatic rings. The van der Waals surface area contributed by atoms with Gasteiger partial charge in [0.1, 0.15) is 6.04 Å². The molecule has 6 nitrogen and oxygen atoms in total. The second-order valence-electron chi connectivity index (χ2n) is 8.42. The minimum atomic E-state index is -0.728. The molecule has 1 unspecified atom stereocenters. The Balaban J connectivity index is 1.55. The van der Waals surface area contributed by atoms with Crippen LogP contribution in [0.5, 0.6) is 0 Å². The Kier molecular flexibility index (Phi) is 8.19. The van der Waals surface area contributed by atoms with Crippen LogP contribution in [0.4, 0.5) is 5.69 Å². The van der Waals surface area contributed by atoms with Gasteiger partial charge in [0.15, 0.2) is 0 Å². The number of anilines is 1. The molecule has 3 amide bonds. The third-order valence-electron chi connectivity index (χ3n) is 5.54. The van der Waals surface area contributed by atoms with Crippen LogP contribution in [0.2, 0.25) is 0 Å². The average molecular weight is 446 g/mol. The molecule has 0 spiro atoms. The summed E-state index contributed by atoms with van der Waals surface area (Å²) < 4.78 is 0. The van der Waals surface area contributed by atoms with Crippen molar-refractivity contribution in [3.05, 3.63) is 77.9 Å². The van der Waals surface area contributed by atoms with Crippen molar-refractivity contribution in [3.63, 3.8) is 0 Å². The van der Waals surface area contributed by atoms with Crippen molar-refractivity contribution in [1.29, 1.82) is 0 Å². The number of nitrogens with one attached hydrogen (secondary N) is 3. The third-order valence-corrected chi connectivity index (χ3v) is 5.54. The molecule has 0 radical (unpaired) electrons. The molecular weight excluding hydrogens is 414 g/mol. The zero-order valence-electron chi connectivity index (χ0n) is 19.4. The zero-order chi connectivity index (χ0) is 23.8. The molecule has 0 aromatic heterocycles. The van der Waals surface area contributed by atoms with Gasteiger partial charge in [0.05, 0.1) is 13.0 Å². The molecule has 172 valence electrons. The van der Waals surface area contributed by atoms with E-state index in [1.54, 1.807) is 0 Å². The minimum Gasteiger partial charge on any atom is -0.345 e. The van der Waals surface area contributed by atoms with Crippen LogP contribution in [0.25, 0.3) is 10.8 Å². The first-order chi connectivity index (χ1) is 15.9. The number of hydrogen-bond donors (Lipinski definition) is 3. The second kappa shape index (κ2) is 11.3. The Labute approximate surface area is 194 Å². The highest BCUT2D eigenvalue weighted by molar-refractivity contribution is 5.96. The quantitative estimate of drug-likeness (QED) is 0.468. The van der Waals surface area contributed by atoms with E-state index < -0.39 is 6.04 Å². The van der Waals surface area contributed by atoms with Crippen LogP contribution in [-0.2, 0) is 27.2 Å². The fraction of sp³-hybridized carbons (Fsp3) is 0.296. The van der Waals surface area contributed by atoms with Crippen LogP contribution in [0, 0.1) is 5.92 Å². The van der Waals surface area contributed by atoms with Crippen molar-refractivity contribution in [2.75, 3.05) is 11.9 Å². The maximum absolute atomic E-state index is 12.7. The Morgan fingerprint density at radius 2 is 1.55 bits per heavy atom. The van der Waals surface area contributed by atoms with Gasteiger partial charge in [-0.2, -0.15) is 0 Å². The number of carbonyl (C=O) groups is 3. The molecule has 3 aromatic carbocycles. The summed E-state index contributed by atoms with van der Waals surface area (Å²) >= 11 is 0. The first kappa shape index (κ1) is 24.0. The van der Waals surface area contributed by atoms with E-state index >= 15 is 0 Å². The topological polar surface area (TPSA) is 87.3 Å². The van der Waals surface area contributed by atoms with Gasteiger partial charge in [-0.1, -0.05) is 81.4 Å². The number of carbonyl (C=O) groups excluding carboxylic acids is 3. The summed E-state index contributed by atoms with van der Waals surface area (Å²) in [6.07, 6.45) is 0.969. The molecule has 3 aromatic rings. The van der Waals surface area contributed by atoms with Crippen molar-refractivity contribution >= 4 is 34.2 Å². The lowest BCUT2D eigenvalue weighted by Crippen LogP contribution is -2.51. The number of hydrogen-bond acceptors (Lipinski definition) is 3. The normalized spacial score (nSPS) is 11.8. The van der Waals surface area contributed by atoms with Crippen LogP contribution in [0.15, 0.2) is 66.7 Å². The number of fused-ring (bicyclic) bond motifs is 1. The SMILES string of the molecule is CCc1ccccc1NC(=O)CNC(=O)C(NC(=O)Cc1ccc2ccccc2c1)C(C)C. The van der Waals surface area contributed by atoms with Crippen molar-refractivity contribution < 1.29 is 14.4 Å². The van der Waals surface area contributed by atoms with Crippen molar-refractivity contribution in [2.24, 2.45) is 5.92 Å². The molecule has 0 aliphatic heterocycles. The standard InChI is InChI=1S/C27H31N3O3/c1-4-20-9-7-8-12-23(20)29-25(32)17-28-27(33)26(18(2)3)30-24(31)16-19-13-14-21-10-5-6-11-22(21)15-19/h5-15,18,26H,4,16-17H2,1-3H3,(H,28,33)(H,29,32)(H,30,31). The van der Waals surface area contributed by atoms with E-state index in [9.17, 15) is 14.4 Å². The van der Waals surface area contributed by atoms with Crippen LogP contribution >= 0.6 is 0 Å². The lowest BCUT2D eigenvalue weighted by Gasteiger charge is -2.22. The zero-order valence-corrected chi connectivity index (χ0v) is 19.4. The molecule has 0 bridgehead atoms. The molecule has 3 rings (SSSR count). The van der Waals surface area contributed by atoms with Gasteiger partial charge in [-0.15, -0.1) is 0 Å². The van der Waals surface area contributed by atoms with Crippen molar-refractivity contribution in [1.82, 2.24) is 10.6 Å². The summed E-state index contributed by atoms with van der Waals surface area (Å²) in [7, 11) is 0. The molecule has 0 fully saturated rings. The van der Waals surface area contributed by atoms with E-state index in [0.29, 0.717) is 0 Å². The lowest BCUT2D eigenvalue weighted by atomic mass is 10.0. The molecule has 3 N–H and O–H groups in total. The maximum Gasteiger partial charge on any atom is 0.243 e. The highest BCUT2D eigenvalue weighted by atomic mass is 16.2.